The summed E-state index contributed by atoms with van der Waals surface area (Å²) in [5, 5.41) is 0.142. The summed E-state index contributed by atoms with van der Waals surface area (Å²) in [4.78, 5) is 0. The van der Waals surface area contributed by atoms with Gasteiger partial charge < -0.3 is 4.42 Å². The molecule has 0 radical (unpaired) electrons. The zero-order valence-corrected chi connectivity index (χ0v) is 12.5. The van der Waals surface area contributed by atoms with Gasteiger partial charge in [0.2, 0.25) is 0 Å². The van der Waals surface area contributed by atoms with E-state index in [4.69, 9.17) is 21.9 Å². The normalized spacial score (nSPS) is 12.7. The molecule has 20 heavy (non-hydrogen) atoms. The maximum absolute atomic E-state index is 13.5. The Morgan fingerprint density at radius 3 is 2.55 bits per heavy atom. The van der Waals surface area contributed by atoms with E-state index in [-0.39, 0.29) is 11.1 Å². The van der Waals surface area contributed by atoms with Gasteiger partial charge in [-0.15, -0.1) is 0 Å². The van der Waals surface area contributed by atoms with Gasteiger partial charge in [-0.1, -0.05) is 23.7 Å². The first kappa shape index (κ1) is 15.0. The lowest BCUT2D eigenvalue weighted by Gasteiger charge is -2.17. The lowest BCUT2D eigenvalue weighted by Crippen LogP contribution is -2.30. The summed E-state index contributed by atoms with van der Waals surface area (Å²) in [5.41, 5.74) is 5.54. The Kier molecular flexibility index (Phi) is 4.48. The minimum absolute atomic E-state index is 0.142. The number of benzene rings is 1. The Hall–Kier alpha value is -1.36. The molecule has 0 saturated heterocycles. The first-order valence-electron chi connectivity index (χ1n) is 6.41. The van der Waals surface area contributed by atoms with Crippen LogP contribution in [0, 0.1) is 26.6 Å². The number of rotatable bonds is 4. The monoisotopic (exact) mass is 296 g/mol. The van der Waals surface area contributed by atoms with Gasteiger partial charge in [-0.3, -0.25) is 11.3 Å². The molecule has 0 bridgehead atoms. The standard InChI is InChI=1S/C15H18ClFN2O/c1-8-9(2)20-10(3)14(8)13(19-18)7-11-5-4-6-12(17)15(11)16/h4-6,13,19H,7,18H2,1-3H3. The summed E-state index contributed by atoms with van der Waals surface area (Å²) in [5.74, 6) is 6.92. The molecule has 1 heterocycles. The van der Waals surface area contributed by atoms with E-state index < -0.39 is 5.82 Å². The van der Waals surface area contributed by atoms with E-state index in [1.807, 2.05) is 20.8 Å². The van der Waals surface area contributed by atoms with Crippen molar-refractivity contribution < 1.29 is 8.81 Å². The third-order valence-electron chi connectivity index (χ3n) is 3.62. The van der Waals surface area contributed by atoms with Crippen molar-refractivity contribution >= 4 is 11.6 Å². The predicted octanol–water partition coefficient (Wildman–Crippen LogP) is 3.74. The van der Waals surface area contributed by atoms with Gasteiger partial charge in [0.1, 0.15) is 17.3 Å². The topological polar surface area (TPSA) is 51.2 Å². The molecule has 0 aliphatic rings. The lowest BCUT2D eigenvalue weighted by atomic mass is 9.96. The minimum atomic E-state index is -0.420. The summed E-state index contributed by atoms with van der Waals surface area (Å²) >= 11 is 6.00. The van der Waals surface area contributed by atoms with E-state index in [2.05, 4.69) is 5.43 Å². The Labute approximate surface area is 122 Å². The Balaban J connectivity index is 2.36. The SMILES string of the molecule is Cc1oc(C)c(C(Cc2cccc(F)c2Cl)NN)c1C. The first-order chi connectivity index (χ1) is 9.45. The molecule has 0 amide bonds. The van der Waals surface area contributed by atoms with E-state index >= 15 is 0 Å². The van der Waals surface area contributed by atoms with E-state index in [1.165, 1.54) is 6.07 Å². The Morgan fingerprint density at radius 1 is 1.30 bits per heavy atom. The molecular formula is C15H18ClFN2O. The molecule has 1 aromatic carbocycles. The molecule has 2 rings (SSSR count). The van der Waals surface area contributed by atoms with E-state index in [1.54, 1.807) is 12.1 Å². The molecule has 0 aliphatic heterocycles. The molecule has 1 aromatic heterocycles. The van der Waals surface area contributed by atoms with Gasteiger partial charge >= 0.3 is 0 Å². The minimum Gasteiger partial charge on any atom is -0.466 e. The third-order valence-corrected chi connectivity index (χ3v) is 4.05. The summed E-state index contributed by atoms with van der Waals surface area (Å²) in [6, 6.07) is 4.61. The van der Waals surface area contributed by atoms with Crippen LogP contribution in [0.5, 0.6) is 0 Å². The van der Waals surface area contributed by atoms with Crippen LogP contribution < -0.4 is 11.3 Å². The summed E-state index contributed by atoms with van der Waals surface area (Å²) < 4.78 is 19.1. The van der Waals surface area contributed by atoms with Gasteiger partial charge in [-0.25, -0.2) is 4.39 Å². The van der Waals surface area contributed by atoms with E-state index in [0.29, 0.717) is 12.0 Å². The first-order valence-corrected chi connectivity index (χ1v) is 6.79. The molecule has 0 spiro atoms. The van der Waals surface area contributed by atoms with Gasteiger partial charge in [-0.2, -0.15) is 0 Å². The van der Waals surface area contributed by atoms with Gasteiger partial charge in [0, 0.05) is 5.56 Å². The average Bonchev–Trinajstić information content (AvgIpc) is 2.66. The quantitative estimate of drug-likeness (QED) is 0.667. The highest BCUT2D eigenvalue weighted by atomic mass is 35.5. The van der Waals surface area contributed by atoms with Crippen molar-refractivity contribution in [2.45, 2.75) is 33.2 Å². The second-order valence-electron chi connectivity index (χ2n) is 4.89. The van der Waals surface area contributed by atoms with Crippen molar-refractivity contribution in [2.75, 3.05) is 0 Å². The van der Waals surface area contributed by atoms with Gasteiger partial charge in [0.15, 0.2) is 0 Å². The molecule has 108 valence electrons. The number of hydrogen-bond donors (Lipinski definition) is 2. The van der Waals surface area contributed by atoms with Crippen molar-refractivity contribution in [3.05, 3.63) is 57.2 Å². The second kappa shape index (κ2) is 5.95. The number of nitrogens with one attached hydrogen (secondary N) is 1. The van der Waals surface area contributed by atoms with Gasteiger partial charge in [0.25, 0.3) is 0 Å². The largest absolute Gasteiger partial charge is 0.466 e. The predicted molar refractivity (Wildman–Crippen MR) is 78.1 cm³/mol. The van der Waals surface area contributed by atoms with Crippen LogP contribution >= 0.6 is 11.6 Å². The number of halogens is 2. The molecular weight excluding hydrogens is 279 g/mol. The molecule has 0 fully saturated rings. The van der Waals surface area contributed by atoms with Crippen molar-refractivity contribution in [1.82, 2.24) is 5.43 Å². The molecule has 0 aliphatic carbocycles. The smallest absolute Gasteiger partial charge is 0.142 e. The van der Waals surface area contributed by atoms with Crippen LogP contribution in [-0.2, 0) is 6.42 Å². The molecule has 3 N–H and O–H groups in total. The third kappa shape index (κ3) is 2.73. The highest BCUT2D eigenvalue weighted by Gasteiger charge is 2.21. The molecule has 1 atom stereocenters. The lowest BCUT2D eigenvalue weighted by molar-refractivity contribution is 0.484. The van der Waals surface area contributed by atoms with Crippen LogP contribution in [-0.4, -0.2) is 0 Å². The number of aryl methyl sites for hydroxylation is 2. The van der Waals surface area contributed by atoms with Crippen LogP contribution in [0.3, 0.4) is 0 Å². The highest BCUT2D eigenvalue weighted by molar-refractivity contribution is 6.31. The zero-order chi connectivity index (χ0) is 14.9. The van der Waals surface area contributed by atoms with Crippen molar-refractivity contribution in [3.8, 4) is 0 Å². The van der Waals surface area contributed by atoms with Crippen molar-refractivity contribution in [1.29, 1.82) is 0 Å². The number of hydrogen-bond acceptors (Lipinski definition) is 3. The highest BCUT2D eigenvalue weighted by Crippen LogP contribution is 2.31. The zero-order valence-electron chi connectivity index (χ0n) is 11.8. The van der Waals surface area contributed by atoms with Gasteiger partial charge in [0.05, 0.1) is 11.1 Å². The molecule has 2 aromatic rings. The maximum atomic E-state index is 13.5. The number of furan rings is 1. The van der Waals surface area contributed by atoms with Crippen LogP contribution in [0.2, 0.25) is 5.02 Å². The van der Waals surface area contributed by atoms with Crippen LogP contribution in [0.4, 0.5) is 4.39 Å². The van der Waals surface area contributed by atoms with Crippen LogP contribution in [0.1, 0.15) is 34.3 Å². The number of nitrogens with two attached hydrogens (primary N) is 1. The second-order valence-corrected chi connectivity index (χ2v) is 5.27. The van der Waals surface area contributed by atoms with Crippen molar-refractivity contribution in [2.24, 2.45) is 5.84 Å². The Bertz CT molecular complexity index is 625. The van der Waals surface area contributed by atoms with E-state index in [9.17, 15) is 4.39 Å². The molecule has 3 nitrogen and oxygen atoms in total. The van der Waals surface area contributed by atoms with Gasteiger partial charge in [-0.05, 0) is 44.4 Å². The fourth-order valence-corrected chi connectivity index (χ4v) is 2.70. The molecule has 0 saturated carbocycles. The fraction of sp³-hybridized carbons (Fsp3) is 0.333. The average molecular weight is 297 g/mol. The van der Waals surface area contributed by atoms with E-state index in [0.717, 1.165) is 22.6 Å². The summed E-state index contributed by atoms with van der Waals surface area (Å²) in [6.45, 7) is 5.79. The Morgan fingerprint density at radius 2 is 2.00 bits per heavy atom. The van der Waals surface area contributed by atoms with Crippen LogP contribution in [0.15, 0.2) is 22.6 Å². The summed E-state index contributed by atoms with van der Waals surface area (Å²) in [6.07, 6.45) is 0.494. The van der Waals surface area contributed by atoms with Crippen molar-refractivity contribution in [3.63, 3.8) is 0 Å². The fourth-order valence-electron chi connectivity index (χ4n) is 2.49. The summed E-state index contributed by atoms with van der Waals surface area (Å²) in [7, 11) is 0. The molecule has 5 heteroatoms. The number of hydrazine groups is 1. The molecule has 1 unspecified atom stereocenters. The van der Waals surface area contributed by atoms with Crippen LogP contribution in [0.25, 0.3) is 0 Å². The maximum Gasteiger partial charge on any atom is 0.142 e.